The molecular formula is C17H23ClN4O4. The Labute approximate surface area is 157 Å². The van der Waals surface area contributed by atoms with Gasteiger partial charge >= 0.3 is 0 Å². The quantitative estimate of drug-likeness (QED) is 0.649. The number of nitrogens with zero attached hydrogens (tertiary/aromatic N) is 2. The number of carbonyl (C=O) groups is 1. The van der Waals surface area contributed by atoms with Crippen LogP contribution in [0.15, 0.2) is 28.8 Å². The van der Waals surface area contributed by atoms with Crippen molar-refractivity contribution in [2.75, 3.05) is 26.7 Å². The minimum atomic E-state index is -0.400. The molecule has 26 heavy (non-hydrogen) atoms. The molecule has 0 radical (unpaired) electrons. The third-order valence-corrected chi connectivity index (χ3v) is 4.25. The van der Waals surface area contributed by atoms with Crippen LogP contribution in [0.4, 0.5) is 0 Å². The van der Waals surface area contributed by atoms with E-state index in [-0.39, 0.29) is 30.7 Å². The number of methoxy groups -OCH3 is 1. The van der Waals surface area contributed by atoms with Crippen molar-refractivity contribution in [3.8, 4) is 17.1 Å². The maximum absolute atomic E-state index is 11.9. The Morgan fingerprint density at radius 2 is 2.15 bits per heavy atom. The molecule has 0 aliphatic carbocycles. The van der Waals surface area contributed by atoms with E-state index < -0.39 is 6.10 Å². The zero-order valence-corrected chi connectivity index (χ0v) is 15.3. The molecule has 1 saturated heterocycles. The Kier molecular flexibility index (Phi) is 7.38. The highest BCUT2D eigenvalue weighted by molar-refractivity contribution is 5.85. The largest absolute Gasteiger partial charge is 0.497 e. The van der Waals surface area contributed by atoms with Gasteiger partial charge in [-0.1, -0.05) is 5.16 Å². The average Bonchev–Trinajstić information content (AvgIpc) is 3.27. The summed E-state index contributed by atoms with van der Waals surface area (Å²) in [7, 11) is 1.61. The fourth-order valence-electron chi connectivity index (χ4n) is 2.70. The first-order valence-electron chi connectivity index (χ1n) is 8.28. The number of halogens is 1. The third kappa shape index (κ3) is 5.17. The summed E-state index contributed by atoms with van der Waals surface area (Å²) in [6, 6.07) is 7.35. The summed E-state index contributed by atoms with van der Waals surface area (Å²) in [5.41, 5.74) is 0.822. The van der Waals surface area contributed by atoms with Gasteiger partial charge in [-0.15, -0.1) is 12.4 Å². The normalized spacial score (nSPS) is 19.0. The highest BCUT2D eigenvalue weighted by Gasteiger charge is 2.25. The molecule has 142 valence electrons. The van der Waals surface area contributed by atoms with Crippen molar-refractivity contribution in [1.29, 1.82) is 0 Å². The number of amides is 1. The molecule has 3 rings (SSSR count). The number of ether oxygens (including phenoxy) is 1. The first-order chi connectivity index (χ1) is 12.2. The standard InChI is InChI=1S/C17H22N4O4.ClH/c1-24-13-4-2-11(3-5-13)17-20-16(25-21-17)7-6-15(23)19-9-12-8-18-10-14(12)22;/h2-5,12,14,18,22H,6-10H2,1H3,(H,19,23);1H. The lowest BCUT2D eigenvalue weighted by Gasteiger charge is -2.13. The number of aliphatic hydroxyl groups excluding tert-OH is 1. The lowest BCUT2D eigenvalue weighted by Crippen LogP contribution is -2.34. The Hall–Kier alpha value is -2.16. The van der Waals surface area contributed by atoms with E-state index >= 15 is 0 Å². The van der Waals surface area contributed by atoms with Gasteiger partial charge in [0.25, 0.3) is 0 Å². The monoisotopic (exact) mass is 382 g/mol. The van der Waals surface area contributed by atoms with E-state index in [9.17, 15) is 9.90 Å². The molecule has 9 heteroatoms. The van der Waals surface area contributed by atoms with E-state index in [0.717, 1.165) is 17.9 Å². The van der Waals surface area contributed by atoms with E-state index in [1.54, 1.807) is 7.11 Å². The number of aliphatic hydroxyl groups is 1. The van der Waals surface area contributed by atoms with Gasteiger partial charge in [0.1, 0.15) is 5.75 Å². The average molecular weight is 383 g/mol. The molecule has 0 spiro atoms. The Balaban J connectivity index is 0.00000243. The van der Waals surface area contributed by atoms with Gasteiger partial charge in [-0.3, -0.25) is 4.79 Å². The molecule has 1 aliphatic heterocycles. The highest BCUT2D eigenvalue weighted by Crippen LogP contribution is 2.20. The van der Waals surface area contributed by atoms with Gasteiger partial charge in [0.05, 0.1) is 13.2 Å². The Bertz CT molecular complexity index is 707. The van der Waals surface area contributed by atoms with Crippen LogP contribution >= 0.6 is 12.4 Å². The fourth-order valence-corrected chi connectivity index (χ4v) is 2.70. The van der Waals surface area contributed by atoms with Crippen LogP contribution in [0.5, 0.6) is 5.75 Å². The van der Waals surface area contributed by atoms with Crippen molar-refractivity contribution >= 4 is 18.3 Å². The van der Waals surface area contributed by atoms with Gasteiger partial charge in [0.2, 0.25) is 17.6 Å². The Morgan fingerprint density at radius 1 is 1.38 bits per heavy atom. The molecule has 1 amide bonds. The van der Waals surface area contributed by atoms with Gasteiger partial charge < -0.3 is 25.0 Å². The van der Waals surface area contributed by atoms with Crippen molar-refractivity contribution in [2.24, 2.45) is 5.92 Å². The van der Waals surface area contributed by atoms with Crippen LogP contribution in [-0.4, -0.2) is 54.0 Å². The topological polar surface area (TPSA) is 110 Å². The summed E-state index contributed by atoms with van der Waals surface area (Å²) in [4.78, 5) is 16.2. The predicted molar refractivity (Wildman–Crippen MR) is 97.2 cm³/mol. The van der Waals surface area contributed by atoms with E-state index in [1.165, 1.54) is 0 Å². The van der Waals surface area contributed by atoms with E-state index in [1.807, 2.05) is 24.3 Å². The number of rotatable bonds is 7. The molecule has 1 aliphatic rings. The molecule has 0 bridgehead atoms. The number of hydrogen-bond donors (Lipinski definition) is 3. The summed E-state index contributed by atoms with van der Waals surface area (Å²) in [6.07, 6.45) is 0.240. The van der Waals surface area contributed by atoms with Crippen molar-refractivity contribution in [2.45, 2.75) is 18.9 Å². The molecule has 2 aromatic rings. The van der Waals surface area contributed by atoms with Crippen LogP contribution in [0.1, 0.15) is 12.3 Å². The van der Waals surface area contributed by atoms with Crippen LogP contribution in [0.3, 0.4) is 0 Å². The number of aromatic nitrogens is 2. The molecule has 0 saturated carbocycles. The lowest BCUT2D eigenvalue weighted by atomic mass is 10.1. The Morgan fingerprint density at radius 3 is 2.81 bits per heavy atom. The van der Waals surface area contributed by atoms with Crippen molar-refractivity contribution in [1.82, 2.24) is 20.8 Å². The number of aryl methyl sites for hydroxylation is 1. The molecule has 3 N–H and O–H groups in total. The number of nitrogens with one attached hydrogen (secondary N) is 2. The van der Waals surface area contributed by atoms with Crippen molar-refractivity contribution in [3.05, 3.63) is 30.2 Å². The zero-order chi connectivity index (χ0) is 17.6. The molecule has 1 aromatic carbocycles. The van der Waals surface area contributed by atoms with Crippen LogP contribution in [0.25, 0.3) is 11.4 Å². The van der Waals surface area contributed by atoms with E-state index in [2.05, 4.69) is 20.8 Å². The number of hydrogen-bond acceptors (Lipinski definition) is 7. The fraction of sp³-hybridized carbons (Fsp3) is 0.471. The maximum Gasteiger partial charge on any atom is 0.227 e. The number of carbonyl (C=O) groups excluding carboxylic acids is 1. The first kappa shape index (κ1) is 20.2. The van der Waals surface area contributed by atoms with Gasteiger partial charge in [-0.2, -0.15) is 4.98 Å². The second-order valence-electron chi connectivity index (χ2n) is 6.03. The molecule has 2 atom stereocenters. The predicted octanol–water partition coefficient (Wildman–Crippen LogP) is 0.796. The van der Waals surface area contributed by atoms with E-state index in [4.69, 9.17) is 9.26 Å². The van der Waals surface area contributed by atoms with Crippen LogP contribution in [0.2, 0.25) is 0 Å². The SMILES string of the molecule is COc1ccc(-c2noc(CCC(=O)NCC3CNCC3O)n2)cc1.Cl. The van der Waals surface area contributed by atoms with Crippen molar-refractivity contribution in [3.63, 3.8) is 0 Å². The first-order valence-corrected chi connectivity index (χ1v) is 8.28. The highest BCUT2D eigenvalue weighted by atomic mass is 35.5. The number of benzene rings is 1. The lowest BCUT2D eigenvalue weighted by molar-refractivity contribution is -0.121. The third-order valence-electron chi connectivity index (χ3n) is 4.25. The summed E-state index contributed by atoms with van der Waals surface area (Å²) < 4.78 is 10.3. The van der Waals surface area contributed by atoms with Gasteiger partial charge in [0.15, 0.2) is 0 Å². The summed E-state index contributed by atoms with van der Waals surface area (Å²) >= 11 is 0. The second kappa shape index (κ2) is 9.51. The minimum Gasteiger partial charge on any atom is -0.497 e. The molecular weight excluding hydrogens is 360 g/mol. The maximum atomic E-state index is 11.9. The van der Waals surface area contributed by atoms with Gasteiger partial charge in [-0.25, -0.2) is 0 Å². The minimum absolute atomic E-state index is 0. The smallest absolute Gasteiger partial charge is 0.227 e. The molecule has 8 nitrogen and oxygen atoms in total. The molecule has 2 unspecified atom stereocenters. The van der Waals surface area contributed by atoms with E-state index in [0.29, 0.717) is 31.2 Å². The van der Waals surface area contributed by atoms with Crippen LogP contribution in [-0.2, 0) is 11.2 Å². The second-order valence-corrected chi connectivity index (χ2v) is 6.03. The van der Waals surface area contributed by atoms with Gasteiger partial charge in [0, 0.05) is 44.0 Å². The summed E-state index contributed by atoms with van der Waals surface area (Å²) in [5, 5.41) is 19.6. The van der Waals surface area contributed by atoms with Crippen molar-refractivity contribution < 1.29 is 19.2 Å². The molecule has 2 heterocycles. The van der Waals surface area contributed by atoms with Crippen LogP contribution < -0.4 is 15.4 Å². The van der Waals surface area contributed by atoms with Crippen LogP contribution in [0, 0.1) is 5.92 Å². The molecule has 1 aromatic heterocycles. The van der Waals surface area contributed by atoms with Gasteiger partial charge in [-0.05, 0) is 24.3 Å². The summed E-state index contributed by atoms with van der Waals surface area (Å²) in [6.45, 7) is 1.76. The summed E-state index contributed by atoms with van der Waals surface area (Å²) in [5.74, 6) is 1.63. The number of β-amino-alcohol motifs (C(OH)–C–C–N with tert-alkyl or cyclic N) is 1. The molecule has 1 fully saturated rings. The zero-order valence-electron chi connectivity index (χ0n) is 14.5.